The number of hydrogen-bond acceptors (Lipinski definition) is 2. The quantitative estimate of drug-likeness (QED) is 0.604. The van der Waals surface area contributed by atoms with Crippen LogP contribution in [0.1, 0.15) is 6.92 Å². The minimum Gasteiger partial charge on any atom is -0.241 e. The summed E-state index contributed by atoms with van der Waals surface area (Å²) in [7, 11) is 0. The normalized spacial score (nSPS) is 11.2. The Bertz CT molecular complexity index is 441. The molecule has 13 heavy (non-hydrogen) atoms. The van der Waals surface area contributed by atoms with Gasteiger partial charge in [0.2, 0.25) is 0 Å². The summed E-state index contributed by atoms with van der Waals surface area (Å²) < 4.78 is 0. The van der Waals surface area contributed by atoms with Gasteiger partial charge in [-0.1, -0.05) is 24.3 Å². The maximum atomic E-state index is 4.20. The van der Waals surface area contributed by atoms with Crippen LogP contribution in [0.3, 0.4) is 0 Å². The lowest BCUT2D eigenvalue weighted by atomic mass is 10.2. The van der Waals surface area contributed by atoms with Crippen molar-refractivity contribution in [3.63, 3.8) is 0 Å². The van der Waals surface area contributed by atoms with Crippen LogP contribution in [0.15, 0.2) is 41.5 Å². The van der Waals surface area contributed by atoms with E-state index in [0.717, 1.165) is 11.2 Å². The molecule has 2 heteroatoms. The van der Waals surface area contributed by atoms with Gasteiger partial charge in [-0.2, -0.15) is 0 Å². The molecule has 0 unspecified atom stereocenters. The van der Waals surface area contributed by atoms with Crippen molar-refractivity contribution in [2.75, 3.05) is 0 Å². The van der Waals surface area contributed by atoms with E-state index >= 15 is 0 Å². The lowest BCUT2D eigenvalue weighted by molar-refractivity contribution is 1.31. The van der Waals surface area contributed by atoms with Gasteiger partial charge in [-0.3, -0.25) is 0 Å². The zero-order chi connectivity index (χ0) is 9.10. The fourth-order valence-corrected chi connectivity index (χ4v) is 1.33. The van der Waals surface area contributed by atoms with Gasteiger partial charge in [-0.05, 0) is 18.4 Å². The number of pyridine rings is 1. The molecule has 0 fully saturated rings. The van der Waals surface area contributed by atoms with E-state index < -0.39 is 0 Å². The Labute approximate surface area is 77.0 Å². The first-order chi connectivity index (χ1) is 6.42. The summed E-state index contributed by atoms with van der Waals surface area (Å²) in [6.07, 6.45) is 3.54. The Morgan fingerprint density at radius 1 is 1.23 bits per heavy atom. The van der Waals surface area contributed by atoms with Crippen LogP contribution in [0, 0.1) is 0 Å². The highest BCUT2D eigenvalue weighted by Gasteiger charge is 1.97. The molecule has 1 aromatic carbocycles. The minimum atomic E-state index is 0.792. The highest BCUT2D eigenvalue weighted by atomic mass is 14.9. The van der Waals surface area contributed by atoms with E-state index in [1.807, 2.05) is 31.2 Å². The second kappa shape index (κ2) is 3.35. The van der Waals surface area contributed by atoms with Crippen molar-refractivity contribution in [2.24, 2.45) is 4.99 Å². The third-order valence-electron chi connectivity index (χ3n) is 1.90. The number of benzene rings is 1. The summed E-state index contributed by atoms with van der Waals surface area (Å²) in [6, 6.07) is 10.1. The number of aliphatic imine (C=N–C) groups is 1. The van der Waals surface area contributed by atoms with Crippen molar-refractivity contribution in [1.82, 2.24) is 4.98 Å². The monoisotopic (exact) mass is 170 g/mol. The van der Waals surface area contributed by atoms with E-state index in [9.17, 15) is 0 Å². The highest BCUT2D eigenvalue weighted by Crippen LogP contribution is 2.22. The molecule has 0 saturated heterocycles. The molecule has 2 rings (SSSR count). The van der Waals surface area contributed by atoms with Crippen molar-refractivity contribution in [3.05, 3.63) is 36.5 Å². The Kier molecular flexibility index (Phi) is 2.04. The van der Waals surface area contributed by atoms with Crippen LogP contribution < -0.4 is 0 Å². The van der Waals surface area contributed by atoms with Crippen LogP contribution >= 0.6 is 0 Å². The Morgan fingerprint density at radius 3 is 2.92 bits per heavy atom. The molecule has 1 aromatic heterocycles. The lowest BCUT2D eigenvalue weighted by Gasteiger charge is -1.98. The molecule has 64 valence electrons. The van der Waals surface area contributed by atoms with E-state index in [-0.39, 0.29) is 0 Å². The zero-order valence-corrected chi connectivity index (χ0v) is 7.44. The van der Waals surface area contributed by atoms with Gasteiger partial charge in [0.25, 0.3) is 0 Å². The maximum absolute atomic E-state index is 4.20. The van der Waals surface area contributed by atoms with Crippen molar-refractivity contribution in [2.45, 2.75) is 6.92 Å². The van der Waals surface area contributed by atoms with E-state index in [2.05, 4.69) is 16.0 Å². The lowest BCUT2D eigenvalue weighted by Crippen LogP contribution is -1.77. The summed E-state index contributed by atoms with van der Waals surface area (Å²) in [5, 5.41) is 2.28. The first kappa shape index (κ1) is 7.92. The average Bonchev–Trinajstić information content (AvgIpc) is 2.19. The van der Waals surface area contributed by atoms with E-state index in [0.29, 0.717) is 0 Å². The van der Waals surface area contributed by atoms with Gasteiger partial charge >= 0.3 is 0 Å². The van der Waals surface area contributed by atoms with Gasteiger partial charge < -0.3 is 0 Å². The maximum Gasteiger partial charge on any atom is 0.159 e. The second-order valence-corrected chi connectivity index (χ2v) is 2.74. The van der Waals surface area contributed by atoms with Crippen molar-refractivity contribution in [3.8, 4) is 0 Å². The summed E-state index contributed by atoms with van der Waals surface area (Å²) in [6.45, 7) is 1.89. The zero-order valence-electron chi connectivity index (χ0n) is 7.44. The molecule has 0 saturated carbocycles. The predicted octanol–water partition coefficient (Wildman–Crippen LogP) is 2.96. The molecule has 0 aliphatic rings. The van der Waals surface area contributed by atoms with Crippen LogP contribution in [-0.2, 0) is 0 Å². The van der Waals surface area contributed by atoms with E-state index in [4.69, 9.17) is 0 Å². The Hall–Kier alpha value is -1.70. The number of fused-ring (bicyclic) bond motifs is 1. The molecular formula is C11H10N2. The van der Waals surface area contributed by atoms with Gasteiger partial charge in [0, 0.05) is 17.8 Å². The first-order valence-electron chi connectivity index (χ1n) is 4.24. The standard InChI is InChI=1S/C11H10N2/c1-2-12-11-10-6-4-3-5-9(10)7-8-13-11/h2-8H,1H3. The first-order valence-corrected chi connectivity index (χ1v) is 4.24. The van der Waals surface area contributed by atoms with Gasteiger partial charge in [-0.25, -0.2) is 9.98 Å². The molecular weight excluding hydrogens is 160 g/mol. The molecule has 0 atom stereocenters. The smallest absolute Gasteiger partial charge is 0.159 e. The van der Waals surface area contributed by atoms with Crippen LogP contribution in [-0.4, -0.2) is 11.2 Å². The molecule has 0 aliphatic heterocycles. The molecule has 0 spiro atoms. The van der Waals surface area contributed by atoms with Gasteiger partial charge in [-0.15, -0.1) is 0 Å². The van der Waals surface area contributed by atoms with E-state index in [1.54, 1.807) is 12.4 Å². The van der Waals surface area contributed by atoms with Crippen LogP contribution in [0.2, 0.25) is 0 Å². The Balaban J connectivity index is 2.75. The third-order valence-corrected chi connectivity index (χ3v) is 1.90. The molecule has 1 heterocycles. The second-order valence-electron chi connectivity index (χ2n) is 2.74. The molecule has 0 bridgehead atoms. The van der Waals surface area contributed by atoms with Gasteiger partial charge in [0.15, 0.2) is 5.82 Å². The van der Waals surface area contributed by atoms with Gasteiger partial charge in [0.1, 0.15) is 0 Å². The molecule has 0 radical (unpaired) electrons. The predicted molar refractivity (Wildman–Crippen MR) is 55.6 cm³/mol. The van der Waals surface area contributed by atoms with Crippen LogP contribution in [0.5, 0.6) is 0 Å². The summed E-state index contributed by atoms with van der Waals surface area (Å²) in [5.74, 6) is 0.792. The fourth-order valence-electron chi connectivity index (χ4n) is 1.33. The largest absolute Gasteiger partial charge is 0.241 e. The topological polar surface area (TPSA) is 25.2 Å². The fraction of sp³-hybridized carbons (Fsp3) is 0.0909. The summed E-state index contributed by atoms with van der Waals surface area (Å²) in [5.41, 5.74) is 0. The number of aromatic nitrogens is 1. The van der Waals surface area contributed by atoms with Crippen molar-refractivity contribution >= 4 is 22.8 Å². The number of rotatable bonds is 1. The molecule has 0 aliphatic carbocycles. The average molecular weight is 170 g/mol. The number of hydrogen-bond donors (Lipinski definition) is 0. The molecule has 2 aromatic rings. The van der Waals surface area contributed by atoms with Gasteiger partial charge in [0.05, 0.1) is 0 Å². The van der Waals surface area contributed by atoms with Crippen molar-refractivity contribution in [1.29, 1.82) is 0 Å². The van der Waals surface area contributed by atoms with Crippen LogP contribution in [0.4, 0.5) is 5.82 Å². The SMILES string of the molecule is CC=Nc1nccc2ccccc12. The molecule has 2 nitrogen and oxygen atoms in total. The van der Waals surface area contributed by atoms with Crippen LogP contribution in [0.25, 0.3) is 10.8 Å². The highest BCUT2D eigenvalue weighted by molar-refractivity contribution is 5.91. The minimum absolute atomic E-state index is 0.792. The van der Waals surface area contributed by atoms with E-state index in [1.165, 1.54) is 5.39 Å². The molecule has 0 N–H and O–H groups in total. The summed E-state index contributed by atoms with van der Waals surface area (Å²) in [4.78, 5) is 8.40. The summed E-state index contributed by atoms with van der Waals surface area (Å²) >= 11 is 0. The number of nitrogens with zero attached hydrogens (tertiary/aromatic N) is 2. The Morgan fingerprint density at radius 2 is 2.08 bits per heavy atom. The molecule has 0 amide bonds. The van der Waals surface area contributed by atoms with Crippen molar-refractivity contribution < 1.29 is 0 Å². The third kappa shape index (κ3) is 1.43.